The fourth-order valence-electron chi connectivity index (χ4n) is 0. The fourth-order valence-corrected chi connectivity index (χ4v) is 0. The van der Waals surface area contributed by atoms with Gasteiger partial charge in [0.2, 0.25) is 0 Å². The molecule has 5 heavy (non-hydrogen) atoms. The summed E-state index contributed by atoms with van der Waals surface area (Å²) in [5, 5.41) is 7.57. The van der Waals surface area contributed by atoms with E-state index >= 15 is 0 Å². The Labute approximate surface area is 40.8 Å². The molecule has 0 aromatic heterocycles. The second-order valence-corrected chi connectivity index (χ2v) is 0.874. The SMILES string of the molecule is O=C(O)[N]=[Nb]. The van der Waals surface area contributed by atoms with Crippen LogP contribution in [0.2, 0.25) is 0 Å². The number of hydrogen-bond acceptors (Lipinski definition) is 1. The number of nitrogens with zero attached hydrogens (tertiary/aromatic N) is 1. The normalized spacial score (nSPS) is 6.20. The maximum atomic E-state index is 9.21. The predicted octanol–water partition coefficient (Wildman–Crippen LogP) is 0.395. The van der Waals surface area contributed by atoms with Gasteiger partial charge in [0, 0.05) is 0 Å². The molecule has 3 nitrogen and oxygen atoms in total. The standard InChI is InChI=1S/CHNO2.Nb/c2-1(3)4;/h(H,3,4);. The van der Waals surface area contributed by atoms with E-state index in [2.05, 4.69) is 3.34 Å². The molecule has 0 aliphatic rings. The first-order valence-corrected chi connectivity index (χ1v) is 1.83. The number of hydrogen-bond donors (Lipinski definition) is 1. The molecule has 0 fully saturated rings. The molecular weight excluding hydrogens is 151 g/mol. The first kappa shape index (κ1) is 5.01. The Balaban J connectivity index is 3.20. The summed E-state index contributed by atoms with van der Waals surface area (Å²) in [6.45, 7) is 0. The van der Waals surface area contributed by atoms with Crippen LogP contribution in [0.3, 0.4) is 0 Å². The van der Waals surface area contributed by atoms with Crippen LogP contribution < -0.4 is 0 Å². The van der Waals surface area contributed by atoms with Gasteiger partial charge in [-0.2, -0.15) is 0 Å². The van der Waals surface area contributed by atoms with E-state index in [9.17, 15) is 4.79 Å². The molecule has 1 N–H and O–H groups in total. The van der Waals surface area contributed by atoms with E-state index < -0.39 is 6.09 Å². The number of carboxylic acid groups (broad SMARTS) is 1. The molecule has 0 saturated carbocycles. The molecule has 0 aromatic carbocycles. The van der Waals surface area contributed by atoms with Gasteiger partial charge in [-0.25, -0.2) is 0 Å². The molecule has 0 aliphatic heterocycles. The molecular formula is CHNNbO2. The van der Waals surface area contributed by atoms with Crippen molar-refractivity contribution in [2.24, 2.45) is 3.34 Å². The predicted molar refractivity (Wildman–Crippen MR) is 10.5 cm³/mol. The van der Waals surface area contributed by atoms with Crippen molar-refractivity contribution < 1.29 is 30.8 Å². The van der Waals surface area contributed by atoms with Gasteiger partial charge >= 0.3 is 40.2 Å². The number of amides is 1. The quantitative estimate of drug-likeness (QED) is 0.510. The maximum absolute atomic E-state index is 9.21. The molecule has 0 saturated heterocycles. The van der Waals surface area contributed by atoms with Crippen molar-refractivity contribution in [2.45, 2.75) is 0 Å². The summed E-state index contributed by atoms with van der Waals surface area (Å²) in [4.78, 5) is 9.21. The number of rotatable bonds is 0. The van der Waals surface area contributed by atoms with Gasteiger partial charge in [0.15, 0.2) is 0 Å². The Morgan fingerprint density at radius 1 is 2.00 bits per heavy atom. The zero-order valence-corrected chi connectivity index (χ0v) is 4.45. The average molecular weight is 152 g/mol. The third-order valence-electron chi connectivity index (χ3n) is 0.0855. The number of carbonyl (C=O) groups is 1. The van der Waals surface area contributed by atoms with Gasteiger partial charge in [0.05, 0.1) is 0 Å². The van der Waals surface area contributed by atoms with Crippen molar-refractivity contribution in [2.75, 3.05) is 0 Å². The van der Waals surface area contributed by atoms with Crippen molar-refractivity contribution in [1.82, 2.24) is 0 Å². The molecule has 0 aliphatic carbocycles. The monoisotopic (exact) mass is 152 g/mol. The van der Waals surface area contributed by atoms with Gasteiger partial charge in [0.25, 0.3) is 0 Å². The third kappa shape index (κ3) is 4.01. The van der Waals surface area contributed by atoms with Crippen LogP contribution in [0.1, 0.15) is 0 Å². The molecule has 27 valence electrons. The molecule has 0 radical (unpaired) electrons. The van der Waals surface area contributed by atoms with Crippen molar-refractivity contribution >= 4 is 6.09 Å². The summed E-state index contributed by atoms with van der Waals surface area (Å²) < 4.78 is 2.86. The van der Waals surface area contributed by atoms with Gasteiger partial charge in [0.1, 0.15) is 0 Å². The summed E-state index contributed by atoms with van der Waals surface area (Å²) >= 11 is 0.927. The van der Waals surface area contributed by atoms with Gasteiger partial charge in [-0.3, -0.25) is 0 Å². The fraction of sp³-hybridized carbons (Fsp3) is 0. The second-order valence-electron chi connectivity index (χ2n) is 0.383. The Kier molecular flexibility index (Phi) is 2.26. The summed E-state index contributed by atoms with van der Waals surface area (Å²) in [5.41, 5.74) is 0. The molecule has 0 rings (SSSR count). The van der Waals surface area contributed by atoms with Gasteiger partial charge in [-0.1, -0.05) is 0 Å². The van der Waals surface area contributed by atoms with Crippen molar-refractivity contribution in [3.8, 4) is 0 Å². The summed E-state index contributed by atoms with van der Waals surface area (Å²) in [7, 11) is 0. The first-order chi connectivity index (χ1) is 2.27. The second kappa shape index (κ2) is 2.26. The Hall–Kier alpha value is 0.0103. The average Bonchev–Trinajstić information content (AvgIpc) is 1.38. The van der Waals surface area contributed by atoms with E-state index in [0.717, 1.165) is 20.9 Å². The van der Waals surface area contributed by atoms with Crippen LogP contribution in [-0.4, -0.2) is 11.2 Å². The Bertz CT molecular complexity index is 60.7. The van der Waals surface area contributed by atoms with E-state index in [1.165, 1.54) is 0 Å². The van der Waals surface area contributed by atoms with Crippen LogP contribution in [0.15, 0.2) is 3.34 Å². The van der Waals surface area contributed by atoms with E-state index in [4.69, 9.17) is 5.11 Å². The van der Waals surface area contributed by atoms with E-state index in [1.54, 1.807) is 0 Å². The first-order valence-electron chi connectivity index (χ1n) is 0.851. The molecule has 0 bridgehead atoms. The van der Waals surface area contributed by atoms with Crippen LogP contribution >= 0.6 is 0 Å². The molecule has 0 spiro atoms. The van der Waals surface area contributed by atoms with Crippen LogP contribution in [-0.2, 0) is 20.9 Å². The van der Waals surface area contributed by atoms with Crippen LogP contribution in [0.25, 0.3) is 0 Å². The summed E-state index contributed by atoms with van der Waals surface area (Å²) in [6.07, 6.45) is -1.10. The summed E-state index contributed by atoms with van der Waals surface area (Å²) in [6, 6.07) is 0. The van der Waals surface area contributed by atoms with Crippen molar-refractivity contribution in [1.29, 1.82) is 0 Å². The molecule has 0 unspecified atom stereocenters. The minimum absolute atomic E-state index is 0.927. The summed E-state index contributed by atoms with van der Waals surface area (Å²) in [5.74, 6) is 0. The van der Waals surface area contributed by atoms with E-state index in [0.29, 0.717) is 0 Å². The van der Waals surface area contributed by atoms with Crippen LogP contribution in [0.4, 0.5) is 4.79 Å². The van der Waals surface area contributed by atoms with Gasteiger partial charge < -0.3 is 0 Å². The zero-order valence-electron chi connectivity index (χ0n) is 2.25. The van der Waals surface area contributed by atoms with Gasteiger partial charge in [-0.05, 0) is 0 Å². The topological polar surface area (TPSA) is 49.7 Å². The van der Waals surface area contributed by atoms with Crippen LogP contribution in [0, 0.1) is 0 Å². The minimum atomic E-state index is -1.10. The molecule has 0 atom stereocenters. The Morgan fingerprint density at radius 2 is 2.20 bits per heavy atom. The zero-order chi connectivity index (χ0) is 4.28. The van der Waals surface area contributed by atoms with Crippen LogP contribution in [0.5, 0.6) is 0 Å². The molecule has 1 amide bonds. The van der Waals surface area contributed by atoms with E-state index in [-0.39, 0.29) is 0 Å². The molecule has 0 aromatic rings. The van der Waals surface area contributed by atoms with E-state index in [1.807, 2.05) is 0 Å². The van der Waals surface area contributed by atoms with Gasteiger partial charge in [-0.15, -0.1) is 0 Å². The van der Waals surface area contributed by atoms with Crippen molar-refractivity contribution in [3.05, 3.63) is 0 Å². The molecule has 0 heterocycles. The third-order valence-corrected chi connectivity index (χ3v) is 0.506. The molecule has 4 heteroatoms. The van der Waals surface area contributed by atoms with Crippen molar-refractivity contribution in [3.63, 3.8) is 0 Å². The Morgan fingerprint density at radius 3 is 2.20 bits per heavy atom.